The van der Waals surface area contributed by atoms with Gasteiger partial charge in [0.2, 0.25) is 57.0 Å². The zero-order chi connectivity index (χ0) is 99.2. The first kappa shape index (κ1) is 93.0. The highest BCUT2D eigenvalue weighted by Crippen LogP contribution is 2.45. The predicted molar refractivity (Wildman–Crippen MR) is 579 cm³/mol. The molecule has 0 saturated carbocycles. The zero-order valence-electron chi connectivity index (χ0n) is 83.5. The quantitative estimate of drug-likeness (QED) is 0.102. The molecule has 0 radical (unpaired) electrons. The summed E-state index contributed by atoms with van der Waals surface area (Å²) in [6.07, 6.45) is 20.4. The van der Waals surface area contributed by atoms with Crippen LogP contribution in [0.1, 0.15) is 78.1 Å². The van der Waals surface area contributed by atoms with Crippen molar-refractivity contribution in [3.05, 3.63) is 422 Å². The maximum absolute atomic E-state index is 13.3. The third kappa shape index (κ3) is 18.2. The second-order valence-electron chi connectivity index (χ2n) is 38.3. The van der Waals surface area contributed by atoms with E-state index in [4.69, 9.17) is 22.1 Å². The summed E-state index contributed by atoms with van der Waals surface area (Å²) < 4.78 is 55.1. The Hall–Kier alpha value is -17.4. The largest absolute Gasteiger partial charge is 0.437 e. The molecule has 704 valence electrons. The Morgan fingerprint density at radius 2 is 0.486 bits per heavy atom. The first-order valence-corrected chi connectivity index (χ1v) is 48.9. The predicted octanol–water partition coefficient (Wildman–Crippen LogP) is 30.0. The highest BCUT2D eigenvalue weighted by Gasteiger charge is 2.30. The molecule has 25 aromatic rings. The molecule has 15 aromatic heterocycles. The van der Waals surface area contributed by atoms with Crippen molar-refractivity contribution in [1.82, 2.24) is 24.9 Å². The van der Waals surface area contributed by atoms with Crippen molar-refractivity contribution < 1.29 is 49.3 Å². The van der Waals surface area contributed by atoms with Gasteiger partial charge in [-0.2, -0.15) is 0 Å². The lowest BCUT2D eigenvalue weighted by Gasteiger charge is -2.09. The lowest BCUT2D eigenvalue weighted by atomic mass is 9.96. The van der Waals surface area contributed by atoms with Gasteiger partial charge in [-0.15, -0.1) is 0 Å². The molecule has 0 spiro atoms. The third-order valence-electron chi connectivity index (χ3n) is 27.7. The second-order valence-corrected chi connectivity index (χ2v) is 38.3. The van der Waals surface area contributed by atoms with Crippen molar-refractivity contribution in [3.63, 3.8) is 0 Å². The van der Waals surface area contributed by atoms with Gasteiger partial charge < -0.3 is 22.1 Å². The number of halogens is 1. The summed E-state index contributed by atoms with van der Waals surface area (Å²) >= 11 is 0. The molecule has 144 heavy (non-hydrogen) atoms. The van der Waals surface area contributed by atoms with Gasteiger partial charge in [0, 0.05) is 146 Å². The van der Waals surface area contributed by atoms with Gasteiger partial charge in [-0.1, -0.05) is 209 Å². The Balaban J connectivity index is 0.000000106. The van der Waals surface area contributed by atoms with Crippen LogP contribution in [0, 0.1) is 53.3 Å². The minimum Gasteiger partial charge on any atom is -0.437 e. The van der Waals surface area contributed by atoms with Crippen LogP contribution in [0.25, 0.3) is 222 Å². The number of hydrogen-bond donors (Lipinski definition) is 0. The van der Waals surface area contributed by atoms with Crippen LogP contribution < -0.4 is 22.8 Å². The Kier molecular flexibility index (Phi) is 25.4. The number of pyridine rings is 10. The number of nitrogens with zero attached hydrogens (tertiary/aromatic N) is 10. The number of rotatable bonds is 13. The molecular weight excluding hydrogens is 1780 g/mol. The molecule has 0 aliphatic heterocycles. The first-order chi connectivity index (χ1) is 70.0. The molecular formula is C128H110FN10O5+5. The zero-order valence-corrected chi connectivity index (χ0v) is 83.5. The standard InChI is InChI=1S/C28H27N2O.C27H25N2O.C25H21N2O.C24H18FN2O.C24H19N2O/c1-18(2)16-20-8-10-21(11-9-20)22-13-15-30(4)25(17-22)26-19(3)7-12-23-24-6-5-14-29-28(24)31-27(23)26;1-17(2)19-8-10-20(11-9-19)21-13-15-29(4)24(16-21)25-18(3)7-12-22-23-6-5-14-28-27(23)30-26(22)25;1-16-6-9-18(10-7-16)19-12-14-27(3)22(15-19)23-17(2)8-11-20-21-5-4-13-26-25(21)28-24(20)23;1-15-5-10-19-20-4-3-12-26-24(20)28-23(19)22(15)21-14-17(11-13-27(21)2)16-6-8-18(25)9-7-16;1-16-10-11-19-20-9-6-13-25-24(20)27-23(19)22(16)21-15-18(12-14-26(21)2)17-7-4-3-5-8-17/h5-15,17-18H,16H2,1-4H3;5-17H,1-4H3;4-15H,1-3H3;3-14H,1-2H3;3-15H,1-2H3/q5*+1. The molecule has 16 heteroatoms. The minimum atomic E-state index is -0.235. The molecule has 0 bridgehead atoms. The number of benzene rings is 10. The maximum Gasteiger partial charge on any atom is 0.227 e. The SMILES string of the molecule is Cc1ccc(-c2cc[n+](C)c(-c3c(C)ccc4c3oc3ncccc34)c2)cc1.Cc1ccc2c(oc3ncccc32)c1-c1cc(-c2ccc(C(C)C)cc2)cc[n+]1C.Cc1ccc2c(oc3ncccc32)c1-c1cc(-c2ccc(CC(C)C)cc2)cc[n+]1C.Cc1ccc2c(oc3ncccc32)c1-c1cc(-c2ccc(F)cc2)cc[n+]1C.Cc1ccc2c(oc3ncccc32)c1-c1cc(-c2ccccc2)cc[n+]1C. The molecule has 15 heterocycles. The molecule has 10 aromatic carbocycles. The number of hydrogen-bond acceptors (Lipinski definition) is 10. The summed E-state index contributed by atoms with van der Waals surface area (Å²) in [5, 5.41) is 10.7. The van der Waals surface area contributed by atoms with E-state index in [-0.39, 0.29) is 5.82 Å². The van der Waals surface area contributed by atoms with Crippen molar-refractivity contribution in [1.29, 1.82) is 0 Å². The van der Waals surface area contributed by atoms with Gasteiger partial charge in [0.05, 0.1) is 27.8 Å². The molecule has 0 aliphatic carbocycles. The van der Waals surface area contributed by atoms with Gasteiger partial charge in [-0.05, 0) is 227 Å². The lowest BCUT2D eigenvalue weighted by Crippen LogP contribution is -2.30. The van der Waals surface area contributed by atoms with Crippen LogP contribution in [0.2, 0.25) is 0 Å². The van der Waals surface area contributed by atoms with Crippen LogP contribution in [0.5, 0.6) is 0 Å². The minimum absolute atomic E-state index is 0.235. The molecule has 15 nitrogen and oxygen atoms in total. The molecule has 25 rings (SSSR count). The molecule has 0 unspecified atom stereocenters. The van der Waals surface area contributed by atoms with E-state index >= 15 is 0 Å². The van der Waals surface area contributed by atoms with Crippen molar-refractivity contribution in [3.8, 4) is 112 Å². The fraction of sp³-hybridized carbons (Fsp3) is 0.141. The topological polar surface area (TPSA) is 150 Å². The smallest absolute Gasteiger partial charge is 0.227 e. The van der Waals surface area contributed by atoms with Crippen LogP contribution in [0.4, 0.5) is 4.39 Å². The van der Waals surface area contributed by atoms with E-state index in [1.54, 1.807) is 43.1 Å². The van der Waals surface area contributed by atoms with Gasteiger partial charge in [-0.25, -0.2) is 52.1 Å². The van der Waals surface area contributed by atoms with Crippen LogP contribution in [0.3, 0.4) is 0 Å². The van der Waals surface area contributed by atoms with Crippen LogP contribution in [-0.4, -0.2) is 24.9 Å². The Labute approximate surface area is 835 Å². The van der Waals surface area contributed by atoms with Gasteiger partial charge >= 0.3 is 0 Å². The monoisotopic (exact) mass is 1890 g/mol. The van der Waals surface area contributed by atoms with Gasteiger partial charge in [-0.3, -0.25) is 0 Å². The van der Waals surface area contributed by atoms with Crippen LogP contribution in [0.15, 0.2) is 393 Å². The summed E-state index contributed by atoms with van der Waals surface area (Å²) in [7, 11) is 10.3. The van der Waals surface area contributed by atoms with E-state index in [1.807, 2.05) is 61.8 Å². The number of fused-ring (bicyclic) bond motifs is 15. The second kappa shape index (κ2) is 39.4. The Morgan fingerprint density at radius 3 is 0.743 bits per heavy atom. The van der Waals surface area contributed by atoms with E-state index in [9.17, 15) is 4.39 Å². The normalized spacial score (nSPS) is 11.5. The molecule has 0 N–H and O–H groups in total. The van der Waals surface area contributed by atoms with E-state index in [2.05, 4.69) is 407 Å². The Morgan fingerprint density at radius 1 is 0.243 bits per heavy atom. The molecule has 0 fully saturated rings. The fourth-order valence-corrected chi connectivity index (χ4v) is 19.8. The van der Waals surface area contributed by atoms with Crippen molar-refractivity contribution >= 4 is 110 Å². The number of aryl methyl sites for hydroxylation is 11. The first-order valence-electron chi connectivity index (χ1n) is 48.9. The summed E-state index contributed by atoms with van der Waals surface area (Å²) in [5.41, 5.74) is 40.4. The van der Waals surface area contributed by atoms with Crippen molar-refractivity contribution in [2.75, 3.05) is 0 Å². The summed E-state index contributed by atoms with van der Waals surface area (Å²) in [6.45, 7) is 21.7. The van der Waals surface area contributed by atoms with Crippen LogP contribution >= 0.6 is 0 Å². The highest BCUT2D eigenvalue weighted by molar-refractivity contribution is 6.13. The molecule has 0 aliphatic rings. The average Bonchev–Trinajstić information content (AvgIpc) is 1.58. The molecule has 0 amide bonds. The molecule has 0 saturated heterocycles. The highest BCUT2D eigenvalue weighted by atomic mass is 19.1. The lowest BCUT2D eigenvalue weighted by molar-refractivity contribution is -0.660. The van der Waals surface area contributed by atoms with E-state index in [0.717, 1.165) is 161 Å². The molecule has 0 atom stereocenters. The van der Waals surface area contributed by atoms with Crippen LogP contribution in [-0.2, 0) is 41.7 Å². The van der Waals surface area contributed by atoms with Gasteiger partial charge in [0.1, 0.15) is 41.1 Å². The number of furan rings is 5. The Bertz CT molecular complexity index is 8980. The average molecular weight is 1890 g/mol. The van der Waals surface area contributed by atoms with E-state index < -0.39 is 0 Å². The van der Waals surface area contributed by atoms with Crippen molar-refractivity contribution in [2.45, 2.75) is 81.6 Å². The summed E-state index contributed by atoms with van der Waals surface area (Å²) in [5.74, 6) is 0.959. The number of aromatic nitrogens is 10. The third-order valence-corrected chi connectivity index (χ3v) is 27.7. The van der Waals surface area contributed by atoms with Crippen molar-refractivity contribution in [2.24, 2.45) is 41.2 Å². The summed E-state index contributed by atoms with van der Waals surface area (Å²) in [4.78, 5) is 22.0. The van der Waals surface area contributed by atoms with E-state index in [1.165, 1.54) is 95.6 Å². The fourth-order valence-electron chi connectivity index (χ4n) is 19.8. The van der Waals surface area contributed by atoms with Gasteiger partial charge in [0.15, 0.2) is 58.9 Å². The summed E-state index contributed by atoms with van der Waals surface area (Å²) in [6, 6.07) is 107. The van der Waals surface area contributed by atoms with Gasteiger partial charge in [0.25, 0.3) is 0 Å². The van der Waals surface area contributed by atoms with E-state index in [0.29, 0.717) is 40.4 Å². The maximum atomic E-state index is 13.3.